The van der Waals surface area contributed by atoms with Crippen LogP contribution < -0.4 is 0 Å². The monoisotopic (exact) mass is 813 g/mol. The zero-order chi connectivity index (χ0) is 41.9. The maximum Gasteiger partial charge on any atom is 0.306 e. The quantitative estimate of drug-likeness (QED) is 0.0378. The van der Waals surface area contributed by atoms with E-state index in [1.807, 2.05) is 0 Å². The summed E-state index contributed by atoms with van der Waals surface area (Å²) in [6, 6.07) is 0. The zero-order valence-electron chi connectivity index (χ0n) is 39.1. The number of ether oxygens (including phenoxy) is 2. The molecule has 58 heavy (non-hydrogen) atoms. The topological polar surface area (TPSA) is 55.8 Å². The van der Waals surface area contributed by atoms with Gasteiger partial charge in [-0.05, 0) is 51.4 Å². The maximum atomic E-state index is 12.3. The molecule has 4 nitrogen and oxygen atoms in total. The van der Waals surface area contributed by atoms with Crippen LogP contribution in [0.25, 0.3) is 0 Å². The second kappa shape index (κ2) is 51.5. The SMILES string of the molecule is CC/C=C\C/C=C\C/C=C\C/C=C\CCCCCCCCCCCOCC(CO)OC(=O)CCCCCCCCCCCCCCCCCCCCCCCCCC. The van der Waals surface area contributed by atoms with Gasteiger partial charge in [0.05, 0.1) is 13.2 Å². The largest absolute Gasteiger partial charge is 0.457 e. The molecule has 4 heteroatoms. The van der Waals surface area contributed by atoms with Crippen molar-refractivity contribution >= 4 is 5.97 Å². The van der Waals surface area contributed by atoms with E-state index in [9.17, 15) is 9.90 Å². The molecule has 0 aliphatic carbocycles. The Morgan fingerprint density at radius 2 is 0.776 bits per heavy atom. The van der Waals surface area contributed by atoms with Gasteiger partial charge in [0.1, 0.15) is 6.10 Å². The van der Waals surface area contributed by atoms with Crippen LogP contribution in [0.1, 0.15) is 264 Å². The highest BCUT2D eigenvalue weighted by Gasteiger charge is 2.13. The second-order valence-electron chi connectivity index (χ2n) is 17.2. The highest BCUT2D eigenvalue weighted by molar-refractivity contribution is 5.69. The van der Waals surface area contributed by atoms with Gasteiger partial charge in [0.25, 0.3) is 0 Å². The highest BCUT2D eigenvalue weighted by Crippen LogP contribution is 2.16. The third-order valence-electron chi connectivity index (χ3n) is 11.4. The summed E-state index contributed by atoms with van der Waals surface area (Å²) < 4.78 is 11.2. The Bertz CT molecular complexity index is 905. The molecule has 1 N–H and O–H groups in total. The predicted octanol–water partition coefficient (Wildman–Crippen LogP) is 17.4. The first kappa shape index (κ1) is 56.4. The van der Waals surface area contributed by atoms with Gasteiger partial charge in [-0.25, -0.2) is 0 Å². The van der Waals surface area contributed by atoms with Crippen molar-refractivity contribution in [2.45, 2.75) is 270 Å². The van der Waals surface area contributed by atoms with E-state index < -0.39 is 6.10 Å². The van der Waals surface area contributed by atoms with Gasteiger partial charge in [-0.1, -0.05) is 255 Å². The number of carbonyl (C=O) groups is 1. The summed E-state index contributed by atoms with van der Waals surface area (Å²) in [5.41, 5.74) is 0. The summed E-state index contributed by atoms with van der Waals surface area (Å²) in [7, 11) is 0. The minimum Gasteiger partial charge on any atom is -0.457 e. The Balaban J connectivity index is 3.39. The number of aliphatic hydroxyl groups excluding tert-OH is 1. The van der Waals surface area contributed by atoms with Gasteiger partial charge in [0.15, 0.2) is 0 Å². The van der Waals surface area contributed by atoms with Crippen molar-refractivity contribution in [1.29, 1.82) is 0 Å². The van der Waals surface area contributed by atoms with E-state index in [1.54, 1.807) is 0 Å². The number of hydrogen-bond acceptors (Lipinski definition) is 4. The molecular weight excluding hydrogens is 713 g/mol. The molecule has 0 aromatic carbocycles. The van der Waals surface area contributed by atoms with Gasteiger partial charge >= 0.3 is 5.97 Å². The maximum absolute atomic E-state index is 12.3. The molecule has 0 rings (SSSR count). The summed E-state index contributed by atoms with van der Waals surface area (Å²) >= 11 is 0. The standard InChI is InChI=1S/C54H100O4/c1-3-5-7-9-11-13-15-17-19-21-23-25-27-28-29-31-33-35-37-39-41-43-45-47-49-54(56)58-53(51-55)52-57-50-48-46-44-42-40-38-36-34-32-30-26-24-22-20-18-16-14-12-10-8-6-4-2/h6,8,12,14,18,20,24,26,53,55H,3-5,7,9-11,13,15-17,19,21-23,25,27-52H2,1-2H3/b8-6-,14-12-,20-18-,26-24-. The Labute approximate surface area is 363 Å². The van der Waals surface area contributed by atoms with Gasteiger partial charge < -0.3 is 14.6 Å². The first-order chi connectivity index (χ1) is 28.7. The van der Waals surface area contributed by atoms with Crippen LogP contribution in [0.5, 0.6) is 0 Å². The molecule has 1 unspecified atom stereocenters. The highest BCUT2D eigenvalue weighted by atomic mass is 16.6. The Morgan fingerprint density at radius 1 is 0.431 bits per heavy atom. The van der Waals surface area contributed by atoms with Gasteiger partial charge in [-0.2, -0.15) is 0 Å². The number of carbonyl (C=O) groups excluding carboxylic acids is 1. The lowest BCUT2D eigenvalue weighted by Crippen LogP contribution is -2.27. The van der Waals surface area contributed by atoms with E-state index in [0.29, 0.717) is 19.6 Å². The molecule has 0 aliphatic rings. The van der Waals surface area contributed by atoms with E-state index in [1.165, 1.54) is 199 Å². The van der Waals surface area contributed by atoms with Crippen LogP contribution in [0.15, 0.2) is 48.6 Å². The lowest BCUT2D eigenvalue weighted by atomic mass is 10.0. The molecule has 0 aromatic rings. The van der Waals surface area contributed by atoms with E-state index in [2.05, 4.69) is 62.5 Å². The first-order valence-electron chi connectivity index (χ1n) is 25.7. The molecule has 0 bridgehead atoms. The van der Waals surface area contributed by atoms with Crippen LogP contribution >= 0.6 is 0 Å². The number of hydrogen-bond donors (Lipinski definition) is 1. The van der Waals surface area contributed by atoms with Crippen LogP contribution in [0, 0.1) is 0 Å². The number of esters is 1. The summed E-state index contributed by atoms with van der Waals surface area (Å²) in [4.78, 5) is 12.3. The predicted molar refractivity (Wildman–Crippen MR) is 256 cm³/mol. The molecule has 0 radical (unpaired) electrons. The van der Waals surface area contributed by atoms with Crippen LogP contribution in [-0.4, -0.2) is 37.0 Å². The normalized spacial score (nSPS) is 12.7. The van der Waals surface area contributed by atoms with Crippen LogP contribution in [0.4, 0.5) is 0 Å². The van der Waals surface area contributed by atoms with Crippen LogP contribution in [-0.2, 0) is 14.3 Å². The van der Waals surface area contributed by atoms with Crippen LogP contribution in [0.3, 0.4) is 0 Å². The number of unbranched alkanes of at least 4 members (excludes halogenated alkanes) is 32. The van der Waals surface area contributed by atoms with E-state index in [-0.39, 0.29) is 12.6 Å². The Morgan fingerprint density at radius 3 is 1.17 bits per heavy atom. The van der Waals surface area contributed by atoms with E-state index in [4.69, 9.17) is 9.47 Å². The zero-order valence-corrected chi connectivity index (χ0v) is 39.1. The molecule has 0 saturated carbocycles. The van der Waals surface area contributed by atoms with Crippen molar-refractivity contribution in [2.24, 2.45) is 0 Å². The first-order valence-corrected chi connectivity index (χ1v) is 25.7. The van der Waals surface area contributed by atoms with Crippen molar-refractivity contribution in [2.75, 3.05) is 19.8 Å². The Hall–Kier alpha value is -1.65. The smallest absolute Gasteiger partial charge is 0.306 e. The Kier molecular flexibility index (Phi) is 50.0. The lowest BCUT2D eigenvalue weighted by Gasteiger charge is -2.16. The molecular formula is C54H100O4. The molecule has 0 spiro atoms. The van der Waals surface area contributed by atoms with Gasteiger partial charge in [0, 0.05) is 13.0 Å². The fourth-order valence-corrected chi connectivity index (χ4v) is 7.62. The minimum atomic E-state index is -0.537. The fraction of sp³-hybridized carbons (Fsp3) is 0.833. The summed E-state index contributed by atoms with van der Waals surface area (Å²) in [5, 5.41) is 9.65. The molecule has 0 saturated heterocycles. The summed E-state index contributed by atoms with van der Waals surface area (Å²) in [6.45, 7) is 5.26. The number of allylic oxidation sites excluding steroid dienone is 8. The molecule has 0 heterocycles. The van der Waals surface area contributed by atoms with Crippen molar-refractivity contribution in [3.63, 3.8) is 0 Å². The third kappa shape index (κ3) is 48.7. The molecule has 1 atom stereocenters. The van der Waals surface area contributed by atoms with Crippen molar-refractivity contribution < 1.29 is 19.4 Å². The number of rotatable bonds is 48. The molecule has 0 aromatic heterocycles. The average Bonchev–Trinajstić information content (AvgIpc) is 3.23. The van der Waals surface area contributed by atoms with E-state index in [0.717, 1.165) is 44.9 Å². The fourth-order valence-electron chi connectivity index (χ4n) is 7.62. The molecule has 0 aliphatic heterocycles. The third-order valence-corrected chi connectivity index (χ3v) is 11.4. The van der Waals surface area contributed by atoms with Crippen molar-refractivity contribution in [3.05, 3.63) is 48.6 Å². The van der Waals surface area contributed by atoms with E-state index >= 15 is 0 Å². The molecule has 0 amide bonds. The van der Waals surface area contributed by atoms with Gasteiger partial charge in [0.2, 0.25) is 0 Å². The van der Waals surface area contributed by atoms with Gasteiger partial charge in [-0.3, -0.25) is 4.79 Å². The second-order valence-corrected chi connectivity index (χ2v) is 17.2. The minimum absolute atomic E-state index is 0.172. The molecule has 340 valence electrons. The lowest BCUT2D eigenvalue weighted by molar-refractivity contribution is -0.154. The number of aliphatic hydroxyl groups is 1. The van der Waals surface area contributed by atoms with Crippen LogP contribution in [0.2, 0.25) is 0 Å². The van der Waals surface area contributed by atoms with Gasteiger partial charge in [-0.15, -0.1) is 0 Å². The van der Waals surface area contributed by atoms with Crippen molar-refractivity contribution in [3.8, 4) is 0 Å². The molecule has 0 fully saturated rings. The average molecular weight is 813 g/mol. The summed E-state index contributed by atoms with van der Waals surface area (Å²) in [6.07, 6.45) is 67.8. The summed E-state index contributed by atoms with van der Waals surface area (Å²) in [5.74, 6) is -0.198. The van der Waals surface area contributed by atoms with Crippen molar-refractivity contribution in [1.82, 2.24) is 0 Å².